The van der Waals surface area contributed by atoms with Crippen molar-refractivity contribution in [1.82, 2.24) is 15.5 Å². The number of hydrogen-bond donors (Lipinski definition) is 2. The molecule has 140 valence electrons. The van der Waals surface area contributed by atoms with Crippen LogP contribution in [0.15, 0.2) is 0 Å². The molecule has 0 amide bonds. The van der Waals surface area contributed by atoms with E-state index in [1.165, 1.54) is 0 Å². The van der Waals surface area contributed by atoms with Crippen LogP contribution in [0.1, 0.15) is 67.7 Å². The van der Waals surface area contributed by atoms with E-state index in [-0.39, 0.29) is 5.54 Å². The standard InChI is InChI=1S/C19H43N3O/c1-9-17(4)23-18(5)10-11-19(6,7)21-13-15-22(8)14-12-20-16(2)3/h16-18,20-21H,9-15H2,1-8H3. The Bertz CT molecular complexity index is 282. The van der Waals surface area contributed by atoms with E-state index in [2.05, 4.69) is 71.0 Å². The number of likely N-dealkylation sites (N-methyl/N-ethyl adjacent to an activating group) is 1. The lowest BCUT2D eigenvalue weighted by Gasteiger charge is -2.29. The van der Waals surface area contributed by atoms with E-state index in [9.17, 15) is 0 Å². The van der Waals surface area contributed by atoms with Crippen LogP contribution in [0.3, 0.4) is 0 Å². The third-order valence-electron chi connectivity index (χ3n) is 4.36. The van der Waals surface area contributed by atoms with Crippen LogP contribution in [0.4, 0.5) is 0 Å². The van der Waals surface area contributed by atoms with Gasteiger partial charge in [-0.15, -0.1) is 0 Å². The van der Waals surface area contributed by atoms with Gasteiger partial charge in [0.25, 0.3) is 0 Å². The summed E-state index contributed by atoms with van der Waals surface area (Å²) in [6, 6.07) is 0.570. The Hall–Kier alpha value is -0.160. The highest BCUT2D eigenvalue weighted by Gasteiger charge is 2.19. The molecule has 23 heavy (non-hydrogen) atoms. The van der Waals surface area contributed by atoms with Gasteiger partial charge in [0.15, 0.2) is 0 Å². The molecule has 2 atom stereocenters. The Labute approximate surface area is 145 Å². The van der Waals surface area contributed by atoms with Crippen molar-refractivity contribution in [2.24, 2.45) is 0 Å². The minimum Gasteiger partial charge on any atom is -0.376 e. The number of nitrogens with one attached hydrogen (secondary N) is 2. The van der Waals surface area contributed by atoms with E-state index in [1.54, 1.807) is 0 Å². The Balaban J connectivity index is 3.82. The first kappa shape index (κ1) is 22.8. The largest absolute Gasteiger partial charge is 0.376 e. The predicted octanol–water partition coefficient (Wildman–Crippen LogP) is 3.27. The minimum absolute atomic E-state index is 0.171. The quantitative estimate of drug-likeness (QED) is 0.513. The van der Waals surface area contributed by atoms with Crippen molar-refractivity contribution in [3.63, 3.8) is 0 Å². The maximum Gasteiger partial charge on any atom is 0.0551 e. The lowest BCUT2D eigenvalue weighted by molar-refractivity contribution is -0.00151. The van der Waals surface area contributed by atoms with Crippen LogP contribution < -0.4 is 10.6 Å². The zero-order valence-electron chi connectivity index (χ0n) is 17.0. The third kappa shape index (κ3) is 13.9. The van der Waals surface area contributed by atoms with Gasteiger partial charge in [-0.25, -0.2) is 0 Å². The smallest absolute Gasteiger partial charge is 0.0551 e. The van der Waals surface area contributed by atoms with Crippen LogP contribution in [-0.4, -0.2) is 61.9 Å². The van der Waals surface area contributed by atoms with Gasteiger partial charge in [0.05, 0.1) is 12.2 Å². The molecule has 0 spiro atoms. The molecule has 4 nitrogen and oxygen atoms in total. The second kappa shape index (κ2) is 12.2. The zero-order valence-corrected chi connectivity index (χ0v) is 17.0. The maximum absolute atomic E-state index is 5.96. The number of ether oxygens (including phenoxy) is 1. The molecule has 0 bridgehead atoms. The zero-order chi connectivity index (χ0) is 17.9. The fourth-order valence-corrected chi connectivity index (χ4v) is 2.45. The minimum atomic E-state index is 0.171. The van der Waals surface area contributed by atoms with Crippen LogP contribution in [0.2, 0.25) is 0 Å². The van der Waals surface area contributed by atoms with E-state index < -0.39 is 0 Å². The Kier molecular flexibility index (Phi) is 12.2. The molecule has 0 aliphatic heterocycles. The molecule has 2 unspecified atom stereocenters. The summed E-state index contributed by atoms with van der Waals surface area (Å²) >= 11 is 0. The fourth-order valence-electron chi connectivity index (χ4n) is 2.45. The first-order chi connectivity index (χ1) is 10.7. The molecule has 4 heteroatoms. The predicted molar refractivity (Wildman–Crippen MR) is 102 cm³/mol. The van der Waals surface area contributed by atoms with Gasteiger partial charge in [-0.1, -0.05) is 20.8 Å². The van der Waals surface area contributed by atoms with Gasteiger partial charge in [0.1, 0.15) is 0 Å². The Morgan fingerprint density at radius 3 is 2.17 bits per heavy atom. The molecular formula is C19H43N3O. The summed E-state index contributed by atoms with van der Waals surface area (Å²) in [4.78, 5) is 2.38. The van der Waals surface area contributed by atoms with Crippen molar-refractivity contribution in [2.75, 3.05) is 33.2 Å². The summed E-state index contributed by atoms with van der Waals surface area (Å²) in [6.45, 7) is 19.8. The second-order valence-corrected chi connectivity index (χ2v) is 7.93. The Morgan fingerprint density at radius 2 is 1.61 bits per heavy atom. The van der Waals surface area contributed by atoms with E-state index >= 15 is 0 Å². The van der Waals surface area contributed by atoms with Crippen molar-refractivity contribution in [3.05, 3.63) is 0 Å². The summed E-state index contributed by atoms with van der Waals surface area (Å²) in [5, 5.41) is 7.15. The number of rotatable bonds is 14. The van der Waals surface area contributed by atoms with E-state index in [0.29, 0.717) is 18.2 Å². The average molecular weight is 330 g/mol. The van der Waals surface area contributed by atoms with Gasteiger partial charge in [-0.2, -0.15) is 0 Å². The normalized spacial score (nSPS) is 15.4. The SMILES string of the molecule is CCC(C)OC(C)CCC(C)(C)NCCN(C)CCNC(C)C. The molecule has 0 aromatic carbocycles. The van der Waals surface area contributed by atoms with Crippen LogP contribution in [0.25, 0.3) is 0 Å². The lowest BCUT2D eigenvalue weighted by Crippen LogP contribution is -2.44. The molecule has 0 fully saturated rings. The van der Waals surface area contributed by atoms with Gasteiger partial charge >= 0.3 is 0 Å². The molecule has 0 aromatic heterocycles. The molecule has 0 aromatic rings. The number of nitrogens with zero attached hydrogens (tertiary/aromatic N) is 1. The van der Waals surface area contributed by atoms with Crippen molar-refractivity contribution >= 4 is 0 Å². The molecule has 0 aliphatic carbocycles. The molecule has 2 N–H and O–H groups in total. The molecule has 0 radical (unpaired) electrons. The van der Waals surface area contributed by atoms with Gasteiger partial charge in [0.2, 0.25) is 0 Å². The first-order valence-electron chi connectivity index (χ1n) is 9.48. The van der Waals surface area contributed by atoms with Crippen molar-refractivity contribution in [2.45, 2.75) is 91.5 Å². The summed E-state index contributed by atoms with van der Waals surface area (Å²) < 4.78 is 5.96. The summed E-state index contributed by atoms with van der Waals surface area (Å²) in [5.74, 6) is 0. The van der Waals surface area contributed by atoms with Crippen LogP contribution >= 0.6 is 0 Å². The topological polar surface area (TPSA) is 36.5 Å². The van der Waals surface area contributed by atoms with E-state index in [4.69, 9.17) is 4.74 Å². The molecule has 0 rings (SSSR count). The van der Waals surface area contributed by atoms with Gasteiger partial charge < -0.3 is 20.3 Å². The fraction of sp³-hybridized carbons (Fsp3) is 1.00. The van der Waals surface area contributed by atoms with Crippen molar-refractivity contribution in [3.8, 4) is 0 Å². The molecular weight excluding hydrogens is 286 g/mol. The summed E-state index contributed by atoms with van der Waals surface area (Å²) in [7, 11) is 2.19. The van der Waals surface area contributed by atoms with E-state index in [1.807, 2.05) is 0 Å². The second-order valence-electron chi connectivity index (χ2n) is 7.93. The lowest BCUT2D eigenvalue weighted by atomic mass is 9.96. The average Bonchev–Trinajstić information content (AvgIpc) is 2.44. The van der Waals surface area contributed by atoms with Crippen molar-refractivity contribution < 1.29 is 4.74 Å². The monoisotopic (exact) mass is 329 g/mol. The van der Waals surface area contributed by atoms with Crippen LogP contribution in [0.5, 0.6) is 0 Å². The van der Waals surface area contributed by atoms with Crippen LogP contribution in [-0.2, 0) is 4.74 Å². The summed E-state index contributed by atoms with van der Waals surface area (Å²) in [6.07, 6.45) is 4.05. The Morgan fingerprint density at radius 1 is 1.00 bits per heavy atom. The van der Waals surface area contributed by atoms with E-state index in [0.717, 1.165) is 45.4 Å². The maximum atomic E-state index is 5.96. The van der Waals surface area contributed by atoms with Gasteiger partial charge in [-0.3, -0.25) is 0 Å². The first-order valence-corrected chi connectivity index (χ1v) is 9.48. The highest BCUT2D eigenvalue weighted by atomic mass is 16.5. The molecule has 0 saturated heterocycles. The highest BCUT2D eigenvalue weighted by Crippen LogP contribution is 2.15. The summed E-state index contributed by atoms with van der Waals surface area (Å²) in [5.41, 5.74) is 0.171. The highest BCUT2D eigenvalue weighted by molar-refractivity contribution is 4.79. The van der Waals surface area contributed by atoms with Gasteiger partial charge in [0, 0.05) is 37.8 Å². The molecule has 0 heterocycles. The van der Waals surface area contributed by atoms with Crippen molar-refractivity contribution in [1.29, 1.82) is 0 Å². The molecule has 0 saturated carbocycles. The third-order valence-corrected chi connectivity index (χ3v) is 4.36. The molecule has 0 aliphatic rings. The van der Waals surface area contributed by atoms with Gasteiger partial charge in [-0.05, 0) is 54.0 Å². The van der Waals surface area contributed by atoms with Crippen LogP contribution in [0, 0.1) is 0 Å². The number of hydrogen-bond acceptors (Lipinski definition) is 4.